The van der Waals surface area contributed by atoms with E-state index in [-0.39, 0.29) is 6.04 Å². The molecule has 0 saturated heterocycles. The van der Waals surface area contributed by atoms with E-state index in [1.807, 2.05) is 24.0 Å². The molecule has 2 aromatic rings. The quantitative estimate of drug-likeness (QED) is 0.915. The number of nitrogens with one attached hydrogen (secondary N) is 1. The molecule has 0 spiro atoms. The Bertz CT molecular complexity index is 609. The molecule has 0 bridgehead atoms. The number of ether oxygens (including phenoxy) is 2. The SMILES string of the molecule is CCNC(Cc1cnn(C)c1)c1ccc2c(c1)OCCO2. The first-order chi connectivity index (χ1) is 10.3. The van der Waals surface area contributed by atoms with Gasteiger partial charge in [-0.05, 0) is 36.2 Å². The average molecular weight is 287 g/mol. The van der Waals surface area contributed by atoms with Gasteiger partial charge in [0.25, 0.3) is 0 Å². The minimum Gasteiger partial charge on any atom is -0.486 e. The van der Waals surface area contributed by atoms with E-state index in [0.29, 0.717) is 13.2 Å². The topological polar surface area (TPSA) is 48.3 Å². The Morgan fingerprint density at radius 2 is 2.10 bits per heavy atom. The monoisotopic (exact) mass is 287 g/mol. The highest BCUT2D eigenvalue weighted by molar-refractivity contribution is 5.45. The molecule has 1 unspecified atom stereocenters. The van der Waals surface area contributed by atoms with Crippen LogP contribution in [0.1, 0.15) is 24.1 Å². The molecule has 0 amide bonds. The van der Waals surface area contributed by atoms with Crippen molar-refractivity contribution in [1.82, 2.24) is 15.1 Å². The van der Waals surface area contributed by atoms with E-state index < -0.39 is 0 Å². The molecule has 1 N–H and O–H groups in total. The summed E-state index contributed by atoms with van der Waals surface area (Å²) in [5.41, 5.74) is 2.43. The van der Waals surface area contributed by atoms with Crippen LogP contribution in [0.4, 0.5) is 0 Å². The number of aromatic nitrogens is 2. The van der Waals surface area contributed by atoms with Gasteiger partial charge in [0.15, 0.2) is 11.5 Å². The third-order valence-corrected chi connectivity index (χ3v) is 3.62. The first-order valence-corrected chi connectivity index (χ1v) is 7.36. The molecule has 5 nitrogen and oxygen atoms in total. The summed E-state index contributed by atoms with van der Waals surface area (Å²) in [6.45, 7) is 4.28. The van der Waals surface area contributed by atoms with Crippen LogP contribution in [0.25, 0.3) is 0 Å². The van der Waals surface area contributed by atoms with Crippen molar-refractivity contribution < 1.29 is 9.47 Å². The summed E-state index contributed by atoms with van der Waals surface area (Å²) in [5.74, 6) is 1.68. The third-order valence-electron chi connectivity index (χ3n) is 3.62. The summed E-state index contributed by atoms with van der Waals surface area (Å²) < 4.78 is 13.1. The standard InChI is InChI=1S/C16H21N3O2/c1-3-17-14(8-12-10-18-19(2)11-12)13-4-5-15-16(9-13)21-7-6-20-15/h4-5,9-11,14,17H,3,6-8H2,1-2H3. The maximum atomic E-state index is 5.68. The van der Waals surface area contributed by atoms with Crippen LogP contribution in [-0.4, -0.2) is 29.5 Å². The van der Waals surface area contributed by atoms with Gasteiger partial charge in [0, 0.05) is 19.3 Å². The van der Waals surface area contributed by atoms with Crippen LogP contribution in [0, 0.1) is 0 Å². The zero-order valence-electron chi connectivity index (χ0n) is 12.5. The van der Waals surface area contributed by atoms with E-state index in [2.05, 4.69) is 35.7 Å². The number of benzene rings is 1. The van der Waals surface area contributed by atoms with Crippen molar-refractivity contribution in [3.05, 3.63) is 41.7 Å². The number of fused-ring (bicyclic) bond motifs is 1. The van der Waals surface area contributed by atoms with Gasteiger partial charge in [0.05, 0.1) is 6.20 Å². The largest absolute Gasteiger partial charge is 0.486 e. The molecule has 1 atom stereocenters. The number of hydrogen-bond donors (Lipinski definition) is 1. The van der Waals surface area contributed by atoms with Gasteiger partial charge in [0.1, 0.15) is 13.2 Å². The van der Waals surface area contributed by atoms with Gasteiger partial charge in [0.2, 0.25) is 0 Å². The second-order valence-corrected chi connectivity index (χ2v) is 5.24. The molecule has 21 heavy (non-hydrogen) atoms. The summed E-state index contributed by atoms with van der Waals surface area (Å²) in [7, 11) is 1.94. The van der Waals surface area contributed by atoms with Gasteiger partial charge < -0.3 is 14.8 Å². The van der Waals surface area contributed by atoms with Gasteiger partial charge >= 0.3 is 0 Å². The van der Waals surface area contributed by atoms with Crippen LogP contribution in [0.3, 0.4) is 0 Å². The lowest BCUT2D eigenvalue weighted by Crippen LogP contribution is -2.23. The molecule has 0 saturated carbocycles. The zero-order chi connectivity index (χ0) is 14.7. The van der Waals surface area contributed by atoms with E-state index in [0.717, 1.165) is 24.5 Å². The molecule has 1 aromatic heterocycles. The predicted octanol–water partition coefficient (Wildman–Crippen LogP) is 2.08. The molecular formula is C16H21N3O2. The van der Waals surface area contributed by atoms with Crippen molar-refractivity contribution in [3.8, 4) is 11.5 Å². The molecule has 2 heterocycles. The molecule has 112 valence electrons. The first-order valence-electron chi connectivity index (χ1n) is 7.36. The van der Waals surface area contributed by atoms with E-state index >= 15 is 0 Å². The molecule has 1 aliphatic rings. The minimum atomic E-state index is 0.245. The second-order valence-electron chi connectivity index (χ2n) is 5.24. The van der Waals surface area contributed by atoms with Crippen molar-refractivity contribution in [2.24, 2.45) is 7.05 Å². The van der Waals surface area contributed by atoms with Gasteiger partial charge in [-0.1, -0.05) is 13.0 Å². The molecule has 5 heteroatoms. The van der Waals surface area contributed by atoms with Crippen molar-refractivity contribution in [1.29, 1.82) is 0 Å². The Kier molecular flexibility index (Phi) is 4.10. The Morgan fingerprint density at radius 1 is 1.29 bits per heavy atom. The van der Waals surface area contributed by atoms with Gasteiger partial charge in [-0.15, -0.1) is 0 Å². The van der Waals surface area contributed by atoms with E-state index in [1.165, 1.54) is 11.1 Å². The van der Waals surface area contributed by atoms with Crippen molar-refractivity contribution in [2.45, 2.75) is 19.4 Å². The zero-order valence-corrected chi connectivity index (χ0v) is 12.5. The number of rotatable bonds is 5. The predicted molar refractivity (Wildman–Crippen MR) is 80.8 cm³/mol. The fourth-order valence-electron chi connectivity index (χ4n) is 2.64. The fraction of sp³-hybridized carbons (Fsp3) is 0.438. The van der Waals surface area contributed by atoms with Crippen molar-refractivity contribution in [2.75, 3.05) is 19.8 Å². The molecule has 1 aliphatic heterocycles. The molecule has 3 rings (SSSR count). The lowest BCUT2D eigenvalue weighted by molar-refractivity contribution is 0.171. The highest BCUT2D eigenvalue weighted by atomic mass is 16.6. The number of nitrogens with zero attached hydrogens (tertiary/aromatic N) is 2. The van der Waals surface area contributed by atoms with Crippen molar-refractivity contribution >= 4 is 0 Å². The van der Waals surface area contributed by atoms with Crippen molar-refractivity contribution in [3.63, 3.8) is 0 Å². The Hall–Kier alpha value is -2.01. The van der Waals surface area contributed by atoms with Gasteiger partial charge in [-0.2, -0.15) is 5.10 Å². The second kappa shape index (κ2) is 6.18. The first kappa shape index (κ1) is 13.9. The van der Waals surface area contributed by atoms with Crippen LogP contribution >= 0.6 is 0 Å². The summed E-state index contributed by atoms with van der Waals surface area (Å²) >= 11 is 0. The summed E-state index contributed by atoms with van der Waals surface area (Å²) in [6.07, 6.45) is 4.88. The number of likely N-dealkylation sites (N-methyl/N-ethyl adjacent to an activating group) is 1. The number of aryl methyl sites for hydroxylation is 1. The maximum absolute atomic E-state index is 5.68. The molecular weight excluding hydrogens is 266 g/mol. The molecule has 0 aliphatic carbocycles. The highest BCUT2D eigenvalue weighted by Gasteiger charge is 2.17. The number of hydrogen-bond acceptors (Lipinski definition) is 4. The van der Waals surface area contributed by atoms with Crippen LogP contribution < -0.4 is 14.8 Å². The summed E-state index contributed by atoms with van der Waals surface area (Å²) in [6, 6.07) is 6.43. The van der Waals surface area contributed by atoms with Gasteiger partial charge in [-0.3, -0.25) is 4.68 Å². The Balaban J connectivity index is 1.82. The lowest BCUT2D eigenvalue weighted by Gasteiger charge is -2.22. The fourth-order valence-corrected chi connectivity index (χ4v) is 2.64. The highest BCUT2D eigenvalue weighted by Crippen LogP contribution is 2.33. The maximum Gasteiger partial charge on any atom is 0.161 e. The summed E-state index contributed by atoms with van der Waals surface area (Å²) in [5, 5.41) is 7.77. The Morgan fingerprint density at radius 3 is 2.81 bits per heavy atom. The van der Waals surface area contributed by atoms with E-state index in [9.17, 15) is 0 Å². The molecule has 0 fully saturated rings. The smallest absolute Gasteiger partial charge is 0.161 e. The lowest BCUT2D eigenvalue weighted by atomic mass is 10.00. The molecule has 0 radical (unpaired) electrons. The molecule has 1 aromatic carbocycles. The van der Waals surface area contributed by atoms with Crippen LogP contribution in [0.5, 0.6) is 11.5 Å². The third kappa shape index (κ3) is 3.19. The van der Waals surface area contributed by atoms with E-state index in [1.54, 1.807) is 0 Å². The van der Waals surface area contributed by atoms with Crippen LogP contribution in [-0.2, 0) is 13.5 Å². The van der Waals surface area contributed by atoms with Crippen LogP contribution in [0.2, 0.25) is 0 Å². The summed E-state index contributed by atoms with van der Waals surface area (Å²) in [4.78, 5) is 0. The van der Waals surface area contributed by atoms with Crippen LogP contribution in [0.15, 0.2) is 30.6 Å². The van der Waals surface area contributed by atoms with E-state index in [4.69, 9.17) is 9.47 Å². The minimum absolute atomic E-state index is 0.245. The average Bonchev–Trinajstić information content (AvgIpc) is 2.91. The normalized spacial score (nSPS) is 15.0. The Labute approximate surface area is 124 Å². The van der Waals surface area contributed by atoms with Gasteiger partial charge in [-0.25, -0.2) is 0 Å².